The van der Waals surface area contributed by atoms with E-state index in [2.05, 4.69) is 4.98 Å². The summed E-state index contributed by atoms with van der Waals surface area (Å²) in [6.07, 6.45) is -2.15. The van der Waals surface area contributed by atoms with Gasteiger partial charge in [0.2, 0.25) is 10.0 Å². The van der Waals surface area contributed by atoms with Gasteiger partial charge in [0.1, 0.15) is 10.6 Å². The van der Waals surface area contributed by atoms with Crippen molar-refractivity contribution in [2.45, 2.75) is 18.2 Å². The molecule has 8 heteroatoms. The van der Waals surface area contributed by atoms with Gasteiger partial charge in [0.15, 0.2) is 5.75 Å². The van der Waals surface area contributed by atoms with Crippen molar-refractivity contribution in [2.24, 2.45) is 5.14 Å². The van der Waals surface area contributed by atoms with Crippen molar-refractivity contribution < 1.29 is 22.3 Å². The summed E-state index contributed by atoms with van der Waals surface area (Å²) < 4.78 is 46.5. The lowest BCUT2D eigenvalue weighted by molar-refractivity contribution is 0.141. The lowest BCUT2D eigenvalue weighted by Crippen LogP contribution is -2.15. The molecule has 0 aromatic carbocycles. The van der Waals surface area contributed by atoms with Crippen LogP contribution in [0.5, 0.6) is 5.75 Å². The molecule has 0 bridgehead atoms. The predicted molar refractivity (Wildman–Crippen MR) is 47.0 cm³/mol. The molecule has 84 valence electrons. The standard InChI is InChI=1S/C7H8F2N2O3S/c1-3-2-11-4(7(8)9)5(12)6(3)15(10,13)14/h2,7,12H,1H3,(H2,10,13,14). The molecule has 0 saturated heterocycles. The third-order valence-corrected chi connectivity index (χ3v) is 2.79. The highest BCUT2D eigenvalue weighted by atomic mass is 32.2. The maximum absolute atomic E-state index is 12.3. The number of nitrogens with two attached hydrogens (primary N) is 1. The summed E-state index contributed by atoms with van der Waals surface area (Å²) in [7, 11) is -4.24. The second-order valence-corrected chi connectivity index (χ2v) is 4.35. The van der Waals surface area contributed by atoms with Gasteiger partial charge in [-0.2, -0.15) is 0 Å². The highest BCUT2D eigenvalue weighted by molar-refractivity contribution is 7.89. The lowest BCUT2D eigenvalue weighted by atomic mass is 10.2. The summed E-state index contributed by atoms with van der Waals surface area (Å²) in [5, 5.41) is 14.0. The quantitative estimate of drug-likeness (QED) is 0.792. The zero-order chi connectivity index (χ0) is 11.8. The number of pyridine rings is 1. The van der Waals surface area contributed by atoms with Gasteiger partial charge in [0, 0.05) is 6.20 Å². The highest BCUT2D eigenvalue weighted by Crippen LogP contribution is 2.32. The molecule has 5 nitrogen and oxygen atoms in total. The SMILES string of the molecule is Cc1cnc(C(F)F)c(O)c1S(N)(=O)=O. The van der Waals surface area contributed by atoms with Crippen molar-refractivity contribution in [3.63, 3.8) is 0 Å². The molecule has 0 radical (unpaired) electrons. The van der Waals surface area contributed by atoms with E-state index in [1.54, 1.807) is 0 Å². The summed E-state index contributed by atoms with van der Waals surface area (Å²) in [6.45, 7) is 1.29. The first-order valence-electron chi connectivity index (χ1n) is 3.74. The average Bonchev–Trinajstić information content (AvgIpc) is 2.00. The summed E-state index contributed by atoms with van der Waals surface area (Å²) in [5.74, 6) is -1.09. The Hall–Kier alpha value is -1.28. The number of nitrogens with zero attached hydrogens (tertiary/aromatic N) is 1. The first-order chi connectivity index (χ1) is 6.75. The van der Waals surface area contributed by atoms with Gasteiger partial charge in [-0.15, -0.1) is 0 Å². The summed E-state index contributed by atoms with van der Waals surface area (Å²) in [4.78, 5) is 2.52. The number of aromatic nitrogens is 1. The molecular weight excluding hydrogens is 230 g/mol. The first-order valence-corrected chi connectivity index (χ1v) is 5.29. The van der Waals surface area contributed by atoms with Crippen molar-refractivity contribution in [3.05, 3.63) is 17.5 Å². The smallest absolute Gasteiger partial charge is 0.284 e. The summed E-state index contributed by atoms with van der Waals surface area (Å²) in [5.41, 5.74) is -0.982. The van der Waals surface area contributed by atoms with E-state index < -0.39 is 32.8 Å². The topological polar surface area (TPSA) is 93.3 Å². The third-order valence-electron chi connectivity index (χ3n) is 1.70. The van der Waals surface area contributed by atoms with Crippen LogP contribution < -0.4 is 5.14 Å². The number of aryl methyl sites for hydroxylation is 1. The van der Waals surface area contributed by atoms with Gasteiger partial charge >= 0.3 is 0 Å². The van der Waals surface area contributed by atoms with Crippen molar-refractivity contribution >= 4 is 10.0 Å². The summed E-state index contributed by atoms with van der Waals surface area (Å²) >= 11 is 0. The van der Waals surface area contributed by atoms with Gasteiger partial charge in [-0.25, -0.2) is 22.3 Å². The molecule has 1 aromatic rings. The van der Waals surface area contributed by atoms with E-state index in [4.69, 9.17) is 5.14 Å². The van der Waals surface area contributed by atoms with E-state index in [1.165, 1.54) is 6.92 Å². The minimum Gasteiger partial charge on any atom is -0.505 e. The van der Waals surface area contributed by atoms with Crippen LogP contribution in [-0.2, 0) is 10.0 Å². The van der Waals surface area contributed by atoms with Crippen molar-refractivity contribution in [2.75, 3.05) is 0 Å². The van der Waals surface area contributed by atoms with Crippen LogP contribution in [0.2, 0.25) is 0 Å². The fraction of sp³-hybridized carbons (Fsp3) is 0.286. The second-order valence-electron chi connectivity index (χ2n) is 2.85. The van der Waals surface area contributed by atoms with Gasteiger partial charge in [-0.05, 0) is 12.5 Å². The first kappa shape index (κ1) is 11.8. The van der Waals surface area contributed by atoms with Crippen molar-refractivity contribution in [3.8, 4) is 5.75 Å². The molecular formula is C7H8F2N2O3S. The van der Waals surface area contributed by atoms with Crippen LogP contribution in [0.15, 0.2) is 11.1 Å². The van der Waals surface area contributed by atoms with Crippen LogP contribution in [0.1, 0.15) is 17.7 Å². The molecule has 0 saturated carbocycles. The number of halogens is 2. The van der Waals surface area contributed by atoms with Crippen LogP contribution in [0.25, 0.3) is 0 Å². The fourth-order valence-electron chi connectivity index (χ4n) is 1.11. The number of sulfonamides is 1. The van der Waals surface area contributed by atoms with Crippen molar-refractivity contribution in [1.29, 1.82) is 0 Å². The van der Waals surface area contributed by atoms with Gasteiger partial charge in [-0.3, -0.25) is 4.98 Å². The molecule has 0 unspecified atom stereocenters. The van der Waals surface area contributed by atoms with E-state index in [1.807, 2.05) is 0 Å². The summed E-state index contributed by atoms with van der Waals surface area (Å²) in [6, 6.07) is 0. The molecule has 0 spiro atoms. The van der Waals surface area contributed by atoms with Crippen LogP contribution >= 0.6 is 0 Å². The maximum Gasteiger partial charge on any atom is 0.284 e. The Morgan fingerprint density at radius 1 is 1.53 bits per heavy atom. The normalized spacial score (nSPS) is 12.1. The molecule has 0 atom stereocenters. The van der Waals surface area contributed by atoms with Gasteiger partial charge in [-0.1, -0.05) is 0 Å². The van der Waals surface area contributed by atoms with E-state index in [-0.39, 0.29) is 5.56 Å². The molecule has 0 aliphatic heterocycles. The second kappa shape index (κ2) is 3.70. The molecule has 1 aromatic heterocycles. The molecule has 0 aliphatic rings. The monoisotopic (exact) mass is 238 g/mol. The minimum atomic E-state index is -4.24. The maximum atomic E-state index is 12.3. The minimum absolute atomic E-state index is 0.0133. The van der Waals surface area contributed by atoms with E-state index >= 15 is 0 Å². The van der Waals surface area contributed by atoms with Crippen LogP contribution in [-0.4, -0.2) is 18.5 Å². The van der Waals surface area contributed by atoms with Crippen LogP contribution in [0.3, 0.4) is 0 Å². The third kappa shape index (κ3) is 2.21. The zero-order valence-electron chi connectivity index (χ0n) is 7.61. The number of hydrogen-bond acceptors (Lipinski definition) is 4. The fourth-order valence-corrected chi connectivity index (χ4v) is 1.98. The van der Waals surface area contributed by atoms with Gasteiger partial charge in [0.25, 0.3) is 6.43 Å². The average molecular weight is 238 g/mol. The Kier molecular flexibility index (Phi) is 2.91. The number of alkyl halides is 2. The Morgan fingerprint density at radius 3 is 2.47 bits per heavy atom. The lowest BCUT2D eigenvalue weighted by Gasteiger charge is -2.09. The van der Waals surface area contributed by atoms with Crippen LogP contribution in [0, 0.1) is 6.92 Å². The number of rotatable bonds is 2. The van der Waals surface area contributed by atoms with Gasteiger partial charge in [0.05, 0.1) is 0 Å². The van der Waals surface area contributed by atoms with E-state index in [0.717, 1.165) is 6.20 Å². The molecule has 1 heterocycles. The van der Waals surface area contributed by atoms with E-state index in [9.17, 15) is 22.3 Å². The van der Waals surface area contributed by atoms with Crippen molar-refractivity contribution in [1.82, 2.24) is 4.98 Å². The number of hydrogen-bond donors (Lipinski definition) is 2. The molecule has 0 fully saturated rings. The Bertz CT molecular complexity index is 487. The number of aromatic hydroxyl groups is 1. The molecule has 15 heavy (non-hydrogen) atoms. The molecule has 3 N–H and O–H groups in total. The Morgan fingerprint density at radius 2 is 2.07 bits per heavy atom. The Labute approximate surface area is 84.6 Å². The van der Waals surface area contributed by atoms with E-state index in [0.29, 0.717) is 0 Å². The van der Waals surface area contributed by atoms with Crippen LogP contribution in [0.4, 0.5) is 8.78 Å². The number of primary sulfonamides is 1. The molecule has 0 amide bonds. The largest absolute Gasteiger partial charge is 0.505 e. The predicted octanol–water partition coefficient (Wildman–Crippen LogP) is 0.681. The Balaban J connectivity index is 3.59. The highest BCUT2D eigenvalue weighted by Gasteiger charge is 2.24. The molecule has 1 rings (SSSR count). The zero-order valence-corrected chi connectivity index (χ0v) is 8.42. The molecule has 0 aliphatic carbocycles. The van der Waals surface area contributed by atoms with Gasteiger partial charge < -0.3 is 5.11 Å².